The molecule has 1 aromatic heterocycles. The Morgan fingerprint density at radius 2 is 2.11 bits per heavy atom. The molecule has 2 fully saturated rings. The van der Waals surface area contributed by atoms with Crippen molar-refractivity contribution in [3.05, 3.63) is 20.8 Å². The molecule has 0 atom stereocenters. The molecule has 6 heteroatoms. The smallest absolute Gasteiger partial charge is 0.305 e. The molecule has 2 heterocycles. The van der Waals surface area contributed by atoms with Gasteiger partial charge in [0.15, 0.2) is 0 Å². The Balaban J connectivity index is 1.89. The first kappa shape index (κ1) is 12.2. The van der Waals surface area contributed by atoms with Crippen LogP contribution >= 0.6 is 27.3 Å². The highest BCUT2D eigenvalue weighted by molar-refractivity contribution is 9.10. The molecule has 3 amide bonds. The van der Waals surface area contributed by atoms with E-state index in [0.29, 0.717) is 6.54 Å². The summed E-state index contributed by atoms with van der Waals surface area (Å²) in [5, 5.41) is 4.46. The molecule has 1 aliphatic heterocycles. The van der Waals surface area contributed by atoms with Crippen molar-refractivity contribution in [1.82, 2.24) is 10.2 Å². The molecular weight excluding hydrogens is 316 g/mol. The second-order valence-corrected chi connectivity index (χ2v) is 6.73. The zero-order valence-electron chi connectivity index (χ0n) is 9.74. The summed E-state index contributed by atoms with van der Waals surface area (Å²) < 4.78 is 1.02. The Morgan fingerprint density at radius 1 is 1.39 bits per heavy atom. The van der Waals surface area contributed by atoms with Gasteiger partial charge in [0, 0.05) is 14.7 Å². The fourth-order valence-electron chi connectivity index (χ4n) is 2.87. The fourth-order valence-corrected chi connectivity index (χ4v) is 4.31. The number of hydrogen-bond acceptors (Lipinski definition) is 3. The lowest BCUT2D eigenvalue weighted by Gasteiger charge is -2.30. The van der Waals surface area contributed by atoms with Crippen molar-refractivity contribution in [3.63, 3.8) is 0 Å². The topological polar surface area (TPSA) is 49.4 Å². The zero-order valence-corrected chi connectivity index (χ0v) is 12.1. The molecule has 0 aromatic carbocycles. The van der Waals surface area contributed by atoms with Crippen molar-refractivity contribution in [3.8, 4) is 0 Å². The van der Waals surface area contributed by atoms with E-state index in [4.69, 9.17) is 0 Å². The average molecular weight is 329 g/mol. The van der Waals surface area contributed by atoms with Crippen LogP contribution in [0.1, 0.15) is 30.6 Å². The fraction of sp³-hybridized carbons (Fsp3) is 0.500. The number of halogens is 1. The second-order valence-electron chi connectivity index (χ2n) is 4.82. The van der Waals surface area contributed by atoms with Crippen LogP contribution in [0.3, 0.4) is 0 Å². The molecule has 1 spiro atoms. The number of amides is 3. The first-order chi connectivity index (χ1) is 8.62. The summed E-state index contributed by atoms with van der Waals surface area (Å²) in [6.07, 6.45) is 3.62. The molecule has 2 aliphatic rings. The van der Waals surface area contributed by atoms with Gasteiger partial charge in [-0.2, -0.15) is 0 Å². The Bertz CT molecular complexity index is 508. The molecular formula is C12H13BrN2O2S. The SMILES string of the molecule is O=C1NC(=O)C2(CCCC2)N1Cc1cc(Br)cs1. The molecule has 0 bridgehead atoms. The number of nitrogens with one attached hydrogen (secondary N) is 1. The van der Waals surface area contributed by atoms with Gasteiger partial charge in [0.1, 0.15) is 5.54 Å². The van der Waals surface area contributed by atoms with Crippen molar-refractivity contribution in [2.24, 2.45) is 0 Å². The van der Waals surface area contributed by atoms with Crippen LogP contribution in [0.2, 0.25) is 0 Å². The number of carbonyl (C=O) groups is 2. The summed E-state index contributed by atoms with van der Waals surface area (Å²) in [4.78, 5) is 26.8. The van der Waals surface area contributed by atoms with E-state index in [-0.39, 0.29) is 11.9 Å². The van der Waals surface area contributed by atoms with Gasteiger partial charge in [0.2, 0.25) is 0 Å². The molecule has 4 nitrogen and oxygen atoms in total. The number of hydrogen-bond donors (Lipinski definition) is 1. The lowest BCUT2D eigenvalue weighted by atomic mass is 9.96. The van der Waals surface area contributed by atoms with Crippen LogP contribution in [-0.4, -0.2) is 22.4 Å². The van der Waals surface area contributed by atoms with E-state index in [1.165, 1.54) is 0 Å². The molecule has 1 N–H and O–H groups in total. The predicted octanol–water partition coefficient (Wildman–Crippen LogP) is 2.88. The number of urea groups is 1. The van der Waals surface area contributed by atoms with Crippen LogP contribution in [0.4, 0.5) is 4.79 Å². The summed E-state index contributed by atoms with van der Waals surface area (Å²) >= 11 is 5.01. The third-order valence-corrected chi connectivity index (χ3v) is 5.45. The molecule has 1 saturated carbocycles. The molecule has 0 unspecified atom stereocenters. The second kappa shape index (κ2) is 4.35. The van der Waals surface area contributed by atoms with Gasteiger partial charge in [-0.1, -0.05) is 12.8 Å². The highest BCUT2D eigenvalue weighted by atomic mass is 79.9. The van der Waals surface area contributed by atoms with Gasteiger partial charge in [-0.05, 0) is 34.8 Å². The minimum Gasteiger partial charge on any atom is -0.305 e. The summed E-state index contributed by atoms with van der Waals surface area (Å²) in [5.74, 6) is -0.111. The molecule has 1 aromatic rings. The minimum atomic E-state index is -0.576. The predicted molar refractivity (Wildman–Crippen MR) is 72.3 cm³/mol. The van der Waals surface area contributed by atoms with E-state index >= 15 is 0 Å². The van der Waals surface area contributed by atoms with Crippen LogP contribution in [0.25, 0.3) is 0 Å². The van der Waals surface area contributed by atoms with Crippen molar-refractivity contribution in [1.29, 1.82) is 0 Å². The van der Waals surface area contributed by atoms with Crippen LogP contribution in [0.15, 0.2) is 15.9 Å². The molecule has 1 saturated heterocycles. The maximum Gasteiger partial charge on any atom is 0.325 e. The molecule has 1 aliphatic carbocycles. The van der Waals surface area contributed by atoms with E-state index in [1.54, 1.807) is 16.2 Å². The van der Waals surface area contributed by atoms with E-state index in [0.717, 1.165) is 35.0 Å². The number of nitrogens with zero attached hydrogens (tertiary/aromatic N) is 1. The van der Waals surface area contributed by atoms with Gasteiger partial charge < -0.3 is 4.90 Å². The van der Waals surface area contributed by atoms with Crippen LogP contribution < -0.4 is 5.32 Å². The maximum absolute atomic E-state index is 12.0. The largest absolute Gasteiger partial charge is 0.325 e. The Labute approximate surface area is 117 Å². The third kappa shape index (κ3) is 1.78. The first-order valence-corrected chi connectivity index (χ1v) is 7.65. The first-order valence-electron chi connectivity index (χ1n) is 5.98. The Kier molecular flexibility index (Phi) is 2.94. The number of rotatable bonds is 2. The molecule has 96 valence electrons. The van der Waals surface area contributed by atoms with Gasteiger partial charge in [-0.3, -0.25) is 10.1 Å². The molecule has 18 heavy (non-hydrogen) atoms. The standard InChI is InChI=1S/C12H13BrN2O2S/c13-8-5-9(18-7-8)6-15-11(17)14-10(16)12(15)3-1-2-4-12/h5,7H,1-4,6H2,(H,14,16,17). The Morgan fingerprint density at radius 3 is 2.72 bits per heavy atom. The highest BCUT2D eigenvalue weighted by Gasteiger charge is 2.53. The summed E-state index contributed by atoms with van der Waals surface area (Å²) in [6, 6.07) is 1.76. The summed E-state index contributed by atoms with van der Waals surface area (Å²) in [7, 11) is 0. The Hall–Kier alpha value is -0.880. The lowest BCUT2D eigenvalue weighted by molar-refractivity contribution is -0.126. The summed E-state index contributed by atoms with van der Waals surface area (Å²) in [6.45, 7) is 0.522. The van der Waals surface area contributed by atoms with Gasteiger partial charge in [0.25, 0.3) is 5.91 Å². The van der Waals surface area contributed by atoms with E-state index in [1.807, 2.05) is 11.4 Å². The molecule has 0 radical (unpaired) electrons. The van der Waals surface area contributed by atoms with E-state index in [2.05, 4.69) is 21.2 Å². The quantitative estimate of drug-likeness (QED) is 0.848. The third-order valence-electron chi connectivity index (χ3n) is 3.77. The van der Waals surface area contributed by atoms with E-state index < -0.39 is 5.54 Å². The lowest BCUT2D eigenvalue weighted by Crippen LogP contribution is -2.46. The molecule has 3 rings (SSSR count). The van der Waals surface area contributed by atoms with Crippen molar-refractivity contribution in [2.45, 2.75) is 37.8 Å². The number of carbonyl (C=O) groups excluding carboxylic acids is 2. The average Bonchev–Trinajstić information content (AvgIpc) is 2.99. The maximum atomic E-state index is 12.0. The van der Waals surface area contributed by atoms with Crippen LogP contribution in [0, 0.1) is 0 Å². The van der Waals surface area contributed by atoms with Gasteiger partial charge >= 0.3 is 6.03 Å². The number of imide groups is 1. The summed E-state index contributed by atoms with van der Waals surface area (Å²) in [5.41, 5.74) is -0.576. The van der Waals surface area contributed by atoms with E-state index in [9.17, 15) is 9.59 Å². The zero-order chi connectivity index (χ0) is 12.8. The van der Waals surface area contributed by atoms with Gasteiger partial charge in [0.05, 0.1) is 6.54 Å². The van der Waals surface area contributed by atoms with Crippen molar-refractivity contribution >= 4 is 39.2 Å². The van der Waals surface area contributed by atoms with Gasteiger partial charge in [-0.15, -0.1) is 11.3 Å². The monoisotopic (exact) mass is 328 g/mol. The van der Waals surface area contributed by atoms with Gasteiger partial charge in [-0.25, -0.2) is 4.79 Å². The minimum absolute atomic E-state index is 0.111. The van der Waals surface area contributed by atoms with Crippen LogP contribution in [-0.2, 0) is 11.3 Å². The van der Waals surface area contributed by atoms with Crippen molar-refractivity contribution in [2.75, 3.05) is 0 Å². The normalized spacial score (nSPS) is 21.9. The number of thiophene rings is 1. The van der Waals surface area contributed by atoms with Crippen LogP contribution in [0.5, 0.6) is 0 Å². The highest BCUT2D eigenvalue weighted by Crippen LogP contribution is 2.40. The van der Waals surface area contributed by atoms with Crippen molar-refractivity contribution < 1.29 is 9.59 Å².